The summed E-state index contributed by atoms with van der Waals surface area (Å²) in [5.74, 6) is -2.70. The molecule has 3 heterocycles. The number of nitrogens with one attached hydrogen (secondary N) is 1. The number of furan rings is 1. The summed E-state index contributed by atoms with van der Waals surface area (Å²) < 4.78 is 81.4. The Labute approximate surface area is 375 Å². The monoisotopic (exact) mass is 912 g/mol. The van der Waals surface area contributed by atoms with Crippen molar-refractivity contribution in [2.24, 2.45) is 22.7 Å². The molecular weight excluding hydrogens is 862 g/mol. The summed E-state index contributed by atoms with van der Waals surface area (Å²) in [5, 5.41) is -0.0633. The molecule has 0 bridgehead atoms. The topological polar surface area (TPSA) is 166 Å². The number of sulfonamides is 1. The number of benzene rings is 3. The summed E-state index contributed by atoms with van der Waals surface area (Å²) in [4.78, 5) is 67.1. The van der Waals surface area contributed by atoms with Crippen LogP contribution in [0.2, 0.25) is 0 Å². The van der Waals surface area contributed by atoms with Crippen LogP contribution in [0.15, 0.2) is 89.9 Å². The molecule has 0 radical (unpaired) electrons. The molecule has 0 unspecified atom stereocenters. The molecule has 1 aliphatic heterocycles. The average Bonchev–Trinajstić information content (AvgIpc) is 4.17. The predicted octanol–water partition coefficient (Wildman–Crippen LogP) is 9.06. The van der Waals surface area contributed by atoms with Gasteiger partial charge in [0.15, 0.2) is 17.4 Å². The van der Waals surface area contributed by atoms with Gasteiger partial charge in [0.25, 0.3) is 5.88 Å². The van der Waals surface area contributed by atoms with Crippen molar-refractivity contribution in [3.05, 3.63) is 102 Å². The standard InChI is InChI=1S/C49H51F3N4O8S/c1-6-10-38(57)29-15-13-28(14-16-29)23-36(47(3,4)5)45(59)56-27-33(24-37(56)39(58)26-48(25-31(48)7-2)46(60)55-65(61,62)34-21-22-34)63-44-42-41(35-11-8-9-12-40(35)64-42)53-43(54-44)30-17-19-32(20-18-30)49(50,51)52/h7-9,11-20,31,33-34,36-37H,2,6,10,21-27H2,1,3-5H3,(H,55,60)/t31-,33-,36-,37+,48-/m1/s1. The first-order valence-corrected chi connectivity index (χ1v) is 23.4. The number of likely N-dealkylation sites (tertiary alicyclic amines) is 1. The normalized spacial score (nSPS) is 21.6. The number of halogens is 3. The first-order chi connectivity index (χ1) is 30.7. The number of ketones is 2. The number of allylic oxidation sites excluding steroid dienone is 1. The SMILES string of the molecule is C=C[C@@H]1C[C@]1(CC(=O)[C@@H]1C[C@@H](Oc2nc(-c3ccc(C(F)(F)F)cc3)nc3c2oc2ccccc23)CN1C(=O)[C@@H](Cc1ccc(C(=O)CCC)cc1)C(C)(C)C)C(=O)NS(=O)(=O)C1CC1. The third kappa shape index (κ3) is 9.32. The summed E-state index contributed by atoms with van der Waals surface area (Å²) >= 11 is 0. The van der Waals surface area contributed by atoms with Crippen LogP contribution in [0.5, 0.6) is 5.88 Å². The number of Topliss-reactive ketones (excluding diaryl/α,β-unsaturated/α-hetero) is 2. The third-order valence-corrected chi connectivity index (χ3v) is 14.8. The van der Waals surface area contributed by atoms with Crippen LogP contribution in [0.1, 0.15) is 94.1 Å². The second-order valence-corrected chi connectivity index (χ2v) is 20.7. The highest BCUT2D eigenvalue weighted by atomic mass is 32.2. The molecule has 3 aliphatic rings. The highest BCUT2D eigenvalue weighted by molar-refractivity contribution is 7.90. The average molecular weight is 913 g/mol. The molecule has 2 saturated carbocycles. The van der Waals surface area contributed by atoms with E-state index in [1.165, 1.54) is 17.0 Å². The fraction of sp³-hybridized carbons (Fsp3) is 0.429. The van der Waals surface area contributed by atoms with Crippen LogP contribution in [0.3, 0.4) is 0 Å². The number of amides is 2. The van der Waals surface area contributed by atoms with Gasteiger partial charge in [-0.1, -0.05) is 82.3 Å². The van der Waals surface area contributed by atoms with Gasteiger partial charge in [0.05, 0.1) is 28.8 Å². The molecule has 2 aromatic heterocycles. The number of carbonyl (C=O) groups excluding carboxylic acids is 4. The van der Waals surface area contributed by atoms with Crippen LogP contribution < -0.4 is 9.46 Å². The van der Waals surface area contributed by atoms with E-state index >= 15 is 4.79 Å². The minimum absolute atomic E-state index is 0.0213. The van der Waals surface area contributed by atoms with Crippen molar-refractivity contribution in [1.29, 1.82) is 0 Å². The zero-order valence-electron chi connectivity index (χ0n) is 36.6. The Hall–Kier alpha value is -5.90. The second kappa shape index (κ2) is 17.1. The number of fused-ring (bicyclic) bond motifs is 3. The molecule has 2 amide bonds. The first-order valence-electron chi connectivity index (χ1n) is 21.9. The van der Waals surface area contributed by atoms with Gasteiger partial charge in [0.2, 0.25) is 27.4 Å². The molecule has 16 heteroatoms. The number of hydrogen-bond donors (Lipinski definition) is 1. The van der Waals surface area contributed by atoms with Gasteiger partial charge in [-0.2, -0.15) is 18.2 Å². The minimum atomic E-state index is -4.56. The van der Waals surface area contributed by atoms with Gasteiger partial charge in [-0.25, -0.2) is 13.4 Å². The second-order valence-electron chi connectivity index (χ2n) is 18.7. The maximum absolute atomic E-state index is 15.1. The Morgan fingerprint density at radius 2 is 1.69 bits per heavy atom. The number of aromatic nitrogens is 2. The van der Waals surface area contributed by atoms with E-state index in [0.29, 0.717) is 47.7 Å². The zero-order valence-corrected chi connectivity index (χ0v) is 37.4. The van der Waals surface area contributed by atoms with Gasteiger partial charge in [-0.05, 0) is 73.3 Å². The van der Waals surface area contributed by atoms with E-state index in [1.807, 2.05) is 39.8 Å². The third-order valence-electron chi connectivity index (χ3n) is 12.9. The van der Waals surface area contributed by atoms with Crippen molar-refractivity contribution < 1.29 is 49.9 Å². The largest absolute Gasteiger partial charge is 0.470 e. The maximum atomic E-state index is 15.1. The zero-order chi connectivity index (χ0) is 46.6. The molecule has 1 saturated heterocycles. The Morgan fingerprint density at radius 3 is 2.31 bits per heavy atom. The molecule has 1 N–H and O–H groups in total. The summed E-state index contributed by atoms with van der Waals surface area (Å²) in [6, 6.07) is 17.5. The van der Waals surface area contributed by atoms with E-state index < -0.39 is 73.5 Å². The van der Waals surface area contributed by atoms with E-state index in [2.05, 4.69) is 21.3 Å². The van der Waals surface area contributed by atoms with Crippen LogP contribution in [0.4, 0.5) is 13.2 Å². The van der Waals surface area contributed by atoms with Crippen LogP contribution in [0, 0.1) is 22.7 Å². The Bertz CT molecular complexity index is 2800. The highest BCUT2D eigenvalue weighted by Gasteiger charge is 2.61. The van der Waals surface area contributed by atoms with Crippen LogP contribution in [-0.2, 0) is 37.0 Å². The molecule has 5 atom stereocenters. The molecular formula is C49H51F3N4O8S. The number of carbonyl (C=O) groups is 4. The molecule has 0 spiro atoms. The highest BCUT2D eigenvalue weighted by Crippen LogP contribution is 2.57. The number of para-hydroxylation sites is 1. The van der Waals surface area contributed by atoms with Crippen molar-refractivity contribution in [3.8, 4) is 17.3 Å². The van der Waals surface area contributed by atoms with Crippen molar-refractivity contribution in [3.63, 3.8) is 0 Å². The van der Waals surface area contributed by atoms with Gasteiger partial charge in [-0.3, -0.25) is 23.9 Å². The lowest BCUT2D eigenvalue weighted by Gasteiger charge is -2.35. The summed E-state index contributed by atoms with van der Waals surface area (Å²) in [5.41, 5.74) is -0.252. The summed E-state index contributed by atoms with van der Waals surface area (Å²) in [6.07, 6.45) is -1.81. The molecule has 65 heavy (non-hydrogen) atoms. The van der Waals surface area contributed by atoms with E-state index in [0.717, 1.165) is 17.7 Å². The molecule has 5 aromatic rings. The lowest BCUT2D eigenvalue weighted by Crippen LogP contribution is -2.48. The van der Waals surface area contributed by atoms with Gasteiger partial charge in [-0.15, -0.1) is 6.58 Å². The van der Waals surface area contributed by atoms with Crippen LogP contribution in [0.25, 0.3) is 33.5 Å². The van der Waals surface area contributed by atoms with Crippen LogP contribution >= 0.6 is 0 Å². The summed E-state index contributed by atoms with van der Waals surface area (Å²) in [6.45, 7) is 11.5. The lowest BCUT2D eigenvalue weighted by molar-refractivity contribution is -0.144. The number of alkyl halides is 3. The van der Waals surface area contributed by atoms with Crippen molar-refractivity contribution in [1.82, 2.24) is 19.6 Å². The fourth-order valence-corrected chi connectivity index (χ4v) is 10.3. The van der Waals surface area contributed by atoms with Crippen molar-refractivity contribution in [2.45, 2.75) is 103 Å². The number of rotatable bonds is 16. The Morgan fingerprint density at radius 1 is 1.00 bits per heavy atom. The number of nitrogens with zero attached hydrogens (tertiary/aromatic N) is 3. The van der Waals surface area contributed by atoms with Gasteiger partial charge in [0.1, 0.15) is 17.2 Å². The van der Waals surface area contributed by atoms with Gasteiger partial charge in [0, 0.05) is 41.7 Å². The Kier molecular flexibility index (Phi) is 12.0. The summed E-state index contributed by atoms with van der Waals surface area (Å²) in [7, 11) is -3.93. The first kappa shape index (κ1) is 45.7. The van der Waals surface area contributed by atoms with Crippen LogP contribution in [-0.4, -0.2) is 70.6 Å². The molecule has 8 rings (SSSR count). The molecule has 3 aromatic carbocycles. The van der Waals surface area contributed by atoms with E-state index in [-0.39, 0.29) is 66.8 Å². The van der Waals surface area contributed by atoms with Gasteiger partial charge >= 0.3 is 6.18 Å². The minimum Gasteiger partial charge on any atom is -0.470 e. The van der Waals surface area contributed by atoms with E-state index in [4.69, 9.17) is 9.15 Å². The molecule has 342 valence electrons. The molecule has 12 nitrogen and oxygen atoms in total. The maximum Gasteiger partial charge on any atom is 0.416 e. The smallest absolute Gasteiger partial charge is 0.416 e. The molecule has 2 aliphatic carbocycles. The quantitative estimate of drug-likeness (QED) is 0.0746. The van der Waals surface area contributed by atoms with Crippen molar-refractivity contribution in [2.75, 3.05) is 6.54 Å². The van der Waals surface area contributed by atoms with Crippen molar-refractivity contribution >= 4 is 55.5 Å². The fourth-order valence-electron chi connectivity index (χ4n) is 8.88. The lowest BCUT2D eigenvalue weighted by atomic mass is 9.76. The molecule has 3 fully saturated rings. The van der Waals surface area contributed by atoms with E-state index in [9.17, 15) is 36.0 Å². The Balaban J connectivity index is 1.14. The van der Waals surface area contributed by atoms with Gasteiger partial charge < -0.3 is 14.1 Å². The van der Waals surface area contributed by atoms with E-state index in [1.54, 1.807) is 42.5 Å². The number of hydrogen-bond acceptors (Lipinski definition) is 10. The predicted molar refractivity (Wildman–Crippen MR) is 237 cm³/mol. The number of ether oxygens (including phenoxy) is 1.